The van der Waals surface area contributed by atoms with Crippen LogP contribution in [0.25, 0.3) is 0 Å². The first-order valence-electron chi connectivity index (χ1n) is 7.28. The first-order valence-corrected chi connectivity index (χ1v) is 7.28. The number of unbranched alkanes of at least 4 members (excludes halogenated alkanes) is 1. The van der Waals surface area contributed by atoms with E-state index in [1.165, 1.54) is 38.4 Å². The number of nitrogens with zero attached hydrogens (tertiary/aromatic N) is 1. The van der Waals surface area contributed by atoms with Crippen LogP contribution in [0.15, 0.2) is 12.2 Å². The molecule has 0 bridgehead atoms. The molecule has 0 aromatic rings. The minimum Gasteiger partial charge on any atom is -0.457 e. The van der Waals surface area contributed by atoms with Gasteiger partial charge in [0.15, 0.2) is 0 Å². The van der Waals surface area contributed by atoms with Gasteiger partial charge in [0.1, 0.15) is 13.2 Å². The van der Waals surface area contributed by atoms with Gasteiger partial charge in [0, 0.05) is 6.08 Å². The molecule has 0 fully saturated rings. The molecule has 0 aromatic carbocycles. The van der Waals surface area contributed by atoms with Gasteiger partial charge in [-0.3, -0.25) is 0 Å². The molecule has 0 aliphatic rings. The van der Waals surface area contributed by atoms with Crippen LogP contribution in [-0.4, -0.2) is 43.2 Å². The Bertz CT molecular complexity index is 251. The SMILES string of the molecule is CC=CC(=O)OCC[N+](CC)(CCC)CCCC. The average Bonchev–Trinajstić information content (AvgIpc) is 2.36. The lowest BCUT2D eigenvalue weighted by Gasteiger charge is -2.37. The Morgan fingerprint density at radius 3 is 2.33 bits per heavy atom. The van der Waals surface area contributed by atoms with Crippen LogP contribution in [0.1, 0.15) is 47.0 Å². The first-order chi connectivity index (χ1) is 8.64. The largest absolute Gasteiger partial charge is 0.457 e. The average molecular weight is 256 g/mol. The van der Waals surface area contributed by atoms with Gasteiger partial charge in [-0.1, -0.05) is 26.3 Å². The summed E-state index contributed by atoms with van der Waals surface area (Å²) in [6.45, 7) is 13.5. The zero-order valence-corrected chi connectivity index (χ0v) is 12.6. The van der Waals surface area contributed by atoms with Crippen LogP contribution >= 0.6 is 0 Å². The van der Waals surface area contributed by atoms with E-state index in [0.29, 0.717) is 6.61 Å². The lowest BCUT2D eigenvalue weighted by atomic mass is 10.2. The predicted molar refractivity (Wildman–Crippen MR) is 76.4 cm³/mol. The number of hydrogen-bond donors (Lipinski definition) is 0. The van der Waals surface area contributed by atoms with Crippen LogP contribution in [0.5, 0.6) is 0 Å². The van der Waals surface area contributed by atoms with Crippen molar-refractivity contribution in [2.45, 2.75) is 47.0 Å². The monoisotopic (exact) mass is 256 g/mol. The van der Waals surface area contributed by atoms with E-state index in [0.717, 1.165) is 17.6 Å². The minimum absolute atomic E-state index is 0.223. The molecule has 0 radical (unpaired) electrons. The molecule has 0 heterocycles. The summed E-state index contributed by atoms with van der Waals surface area (Å²) in [7, 11) is 0. The van der Waals surface area contributed by atoms with Gasteiger partial charge in [0.05, 0.1) is 19.6 Å². The highest BCUT2D eigenvalue weighted by Gasteiger charge is 2.23. The van der Waals surface area contributed by atoms with Crippen LogP contribution in [0, 0.1) is 0 Å². The van der Waals surface area contributed by atoms with Crippen molar-refractivity contribution in [1.82, 2.24) is 0 Å². The Labute approximate surface area is 112 Å². The number of quaternary nitrogens is 1. The normalized spacial score (nSPS) is 14.7. The summed E-state index contributed by atoms with van der Waals surface area (Å²) in [5.74, 6) is -0.223. The summed E-state index contributed by atoms with van der Waals surface area (Å²) in [5, 5.41) is 0. The van der Waals surface area contributed by atoms with Crippen LogP contribution in [-0.2, 0) is 9.53 Å². The number of esters is 1. The molecule has 0 amide bonds. The summed E-state index contributed by atoms with van der Waals surface area (Å²) in [4.78, 5) is 11.3. The lowest BCUT2D eigenvalue weighted by Crippen LogP contribution is -2.51. The van der Waals surface area contributed by atoms with Crippen molar-refractivity contribution in [2.24, 2.45) is 0 Å². The van der Waals surface area contributed by atoms with Crippen molar-refractivity contribution >= 4 is 5.97 Å². The van der Waals surface area contributed by atoms with Gasteiger partial charge in [-0.2, -0.15) is 0 Å². The van der Waals surface area contributed by atoms with E-state index in [2.05, 4.69) is 20.8 Å². The Hall–Kier alpha value is -0.830. The number of carbonyl (C=O) groups excluding carboxylic acids is 1. The van der Waals surface area contributed by atoms with Crippen molar-refractivity contribution in [3.63, 3.8) is 0 Å². The van der Waals surface area contributed by atoms with Crippen molar-refractivity contribution in [3.8, 4) is 0 Å². The van der Waals surface area contributed by atoms with Gasteiger partial charge in [0.2, 0.25) is 0 Å². The maximum atomic E-state index is 11.3. The molecule has 106 valence electrons. The van der Waals surface area contributed by atoms with E-state index in [-0.39, 0.29) is 5.97 Å². The van der Waals surface area contributed by atoms with Gasteiger partial charge in [-0.25, -0.2) is 4.79 Å². The van der Waals surface area contributed by atoms with E-state index in [4.69, 9.17) is 4.74 Å². The van der Waals surface area contributed by atoms with E-state index < -0.39 is 0 Å². The number of rotatable bonds is 10. The molecule has 0 aliphatic heterocycles. The first kappa shape index (κ1) is 17.2. The third-order valence-corrected chi connectivity index (χ3v) is 3.47. The quantitative estimate of drug-likeness (QED) is 0.341. The minimum atomic E-state index is -0.223. The van der Waals surface area contributed by atoms with Crippen molar-refractivity contribution in [2.75, 3.05) is 32.8 Å². The molecule has 0 aliphatic carbocycles. The maximum Gasteiger partial charge on any atom is 0.330 e. The van der Waals surface area contributed by atoms with Crippen molar-refractivity contribution in [3.05, 3.63) is 12.2 Å². The third-order valence-electron chi connectivity index (χ3n) is 3.47. The Morgan fingerprint density at radius 1 is 1.11 bits per heavy atom. The number of allylic oxidation sites excluding steroid dienone is 1. The maximum absolute atomic E-state index is 11.3. The van der Waals surface area contributed by atoms with Crippen LogP contribution in [0.2, 0.25) is 0 Å². The van der Waals surface area contributed by atoms with E-state index in [1.807, 2.05) is 6.92 Å². The standard InChI is InChI=1S/C15H30NO2/c1-5-9-12-16(8-4,11-7-3)13-14-18-15(17)10-6-2/h6,10H,5,7-9,11-14H2,1-4H3/q+1. The summed E-state index contributed by atoms with van der Waals surface area (Å²) in [6.07, 6.45) is 6.85. The lowest BCUT2D eigenvalue weighted by molar-refractivity contribution is -0.926. The molecule has 3 nitrogen and oxygen atoms in total. The molecule has 18 heavy (non-hydrogen) atoms. The highest BCUT2D eigenvalue weighted by atomic mass is 16.5. The molecule has 0 saturated heterocycles. The molecule has 0 rings (SSSR count). The van der Waals surface area contributed by atoms with Gasteiger partial charge in [0.25, 0.3) is 0 Å². The smallest absolute Gasteiger partial charge is 0.330 e. The Balaban J connectivity index is 4.25. The van der Waals surface area contributed by atoms with Gasteiger partial charge >= 0.3 is 5.97 Å². The number of ether oxygens (including phenoxy) is 1. The second kappa shape index (κ2) is 10.1. The zero-order valence-electron chi connectivity index (χ0n) is 12.6. The predicted octanol–water partition coefficient (Wildman–Crippen LogP) is 3.15. The molecule has 0 aromatic heterocycles. The van der Waals surface area contributed by atoms with Crippen LogP contribution < -0.4 is 0 Å². The zero-order chi connectivity index (χ0) is 13.9. The Kier molecular flexibility index (Phi) is 9.66. The van der Waals surface area contributed by atoms with Gasteiger partial charge in [-0.15, -0.1) is 0 Å². The van der Waals surface area contributed by atoms with Gasteiger partial charge in [-0.05, 0) is 26.7 Å². The highest BCUT2D eigenvalue weighted by molar-refractivity contribution is 5.81. The van der Waals surface area contributed by atoms with E-state index >= 15 is 0 Å². The molecular formula is C15H30NO2+. The molecule has 0 N–H and O–H groups in total. The fourth-order valence-corrected chi connectivity index (χ4v) is 2.30. The number of hydrogen-bond acceptors (Lipinski definition) is 2. The molecule has 0 saturated carbocycles. The highest BCUT2D eigenvalue weighted by Crippen LogP contribution is 2.11. The van der Waals surface area contributed by atoms with Crippen molar-refractivity contribution in [1.29, 1.82) is 0 Å². The number of carbonyl (C=O) groups is 1. The second-order valence-corrected chi connectivity index (χ2v) is 4.85. The number of likely N-dealkylation sites (N-methyl/N-ethyl adjacent to an activating group) is 1. The molecular weight excluding hydrogens is 226 g/mol. The van der Waals surface area contributed by atoms with Crippen LogP contribution in [0.3, 0.4) is 0 Å². The Morgan fingerprint density at radius 2 is 1.83 bits per heavy atom. The van der Waals surface area contributed by atoms with Gasteiger partial charge < -0.3 is 9.22 Å². The molecule has 0 spiro atoms. The topological polar surface area (TPSA) is 26.3 Å². The summed E-state index contributed by atoms with van der Waals surface area (Å²) in [5.41, 5.74) is 0. The fourth-order valence-electron chi connectivity index (χ4n) is 2.30. The molecule has 1 unspecified atom stereocenters. The second-order valence-electron chi connectivity index (χ2n) is 4.85. The summed E-state index contributed by atoms with van der Waals surface area (Å²) in [6, 6.07) is 0. The third kappa shape index (κ3) is 6.80. The summed E-state index contributed by atoms with van der Waals surface area (Å²) < 4.78 is 6.30. The molecule has 1 atom stereocenters. The summed E-state index contributed by atoms with van der Waals surface area (Å²) >= 11 is 0. The van der Waals surface area contributed by atoms with E-state index in [9.17, 15) is 4.79 Å². The molecule has 3 heteroatoms. The van der Waals surface area contributed by atoms with E-state index in [1.54, 1.807) is 6.08 Å². The van der Waals surface area contributed by atoms with Crippen molar-refractivity contribution < 1.29 is 14.0 Å². The fraction of sp³-hybridized carbons (Fsp3) is 0.800. The van der Waals surface area contributed by atoms with Crippen LogP contribution in [0.4, 0.5) is 0 Å².